The number of carbonyl (C=O) groups excluding carboxylic acids is 1. The zero-order chi connectivity index (χ0) is 19.3. The van der Waals surface area contributed by atoms with E-state index >= 15 is 0 Å². The highest BCUT2D eigenvalue weighted by atomic mass is 16.2. The van der Waals surface area contributed by atoms with Crippen molar-refractivity contribution in [1.82, 2.24) is 14.8 Å². The van der Waals surface area contributed by atoms with E-state index in [2.05, 4.69) is 50.9 Å². The summed E-state index contributed by atoms with van der Waals surface area (Å²) in [6, 6.07) is 14.5. The Bertz CT molecular complexity index is 781. The topological polar surface area (TPSA) is 42.9 Å². The Morgan fingerprint density at radius 2 is 1.54 bits per heavy atom. The van der Waals surface area contributed by atoms with Gasteiger partial charge in [-0.2, -0.15) is 0 Å². The lowest BCUT2D eigenvalue weighted by atomic mass is 10.1. The third-order valence-corrected chi connectivity index (χ3v) is 5.79. The van der Waals surface area contributed by atoms with Crippen LogP contribution in [-0.4, -0.2) is 79.6 Å². The first-order chi connectivity index (χ1) is 13.7. The van der Waals surface area contributed by atoms with Gasteiger partial charge in [-0.3, -0.25) is 9.69 Å². The maximum Gasteiger partial charge on any atom is 0.236 e. The average Bonchev–Trinajstić information content (AvgIpc) is 2.75. The van der Waals surface area contributed by atoms with Crippen LogP contribution in [0.3, 0.4) is 0 Å². The molecule has 2 aliphatic heterocycles. The molecule has 6 heteroatoms. The van der Waals surface area contributed by atoms with Gasteiger partial charge in [0.2, 0.25) is 5.91 Å². The molecular formula is C22H29N5O. The highest BCUT2D eigenvalue weighted by Crippen LogP contribution is 2.21. The normalized spacial score (nSPS) is 18.4. The van der Waals surface area contributed by atoms with E-state index in [0.29, 0.717) is 6.54 Å². The van der Waals surface area contributed by atoms with E-state index < -0.39 is 0 Å². The fourth-order valence-electron chi connectivity index (χ4n) is 4.08. The number of amides is 1. The van der Waals surface area contributed by atoms with Gasteiger partial charge in [0.05, 0.1) is 6.54 Å². The molecule has 0 N–H and O–H groups in total. The summed E-state index contributed by atoms with van der Waals surface area (Å²) >= 11 is 0. The van der Waals surface area contributed by atoms with Crippen molar-refractivity contribution in [2.75, 3.05) is 68.7 Å². The van der Waals surface area contributed by atoms with E-state index in [-0.39, 0.29) is 5.91 Å². The first kappa shape index (κ1) is 18.7. The molecule has 4 rings (SSSR count). The molecule has 2 aromatic rings. The van der Waals surface area contributed by atoms with Crippen molar-refractivity contribution < 1.29 is 4.79 Å². The Hall–Kier alpha value is -2.60. The van der Waals surface area contributed by atoms with Gasteiger partial charge in [0.1, 0.15) is 5.82 Å². The number of para-hydroxylation sites is 1. The number of nitrogens with zero attached hydrogens (tertiary/aromatic N) is 5. The lowest BCUT2D eigenvalue weighted by Crippen LogP contribution is -2.54. The molecule has 0 saturated carbocycles. The molecule has 1 aromatic carbocycles. The van der Waals surface area contributed by atoms with Gasteiger partial charge in [0, 0.05) is 64.2 Å². The molecule has 0 bridgehead atoms. The predicted octanol–water partition coefficient (Wildman–Crippen LogP) is 1.86. The predicted molar refractivity (Wildman–Crippen MR) is 113 cm³/mol. The number of pyridine rings is 1. The van der Waals surface area contributed by atoms with Crippen molar-refractivity contribution in [2.45, 2.75) is 6.92 Å². The van der Waals surface area contributed by atoms with Crippen LogP contribution >= 0.6 is 0 Å². The van der Waals surface area contributed by atoms with Gasteiger partial charge in [-0.1, -0.05) is 24.3 Å². The second-order valence-electron chi connectivity index (χ2n) is 7.61. The number of carbonyl (C=O) groups is 1. The van der Waals surface area contributed by atoms with Crippen LogP contribution < -0.4 is 9.80 Å². The van der Waals surface area contributed by atoms with Crippen LogP contribution in [0.4, 0.5) is 11.5 Å². The molecule has 148 valence electrons. The van der Waals surface area contributed by atoms with Crippen molar-refractivity contribution in [3.8, 4) is 0 Å². The number of rotatable bonds is 4. The van der Waals surface area contributed by atoms with Crippen molar-refractivity contribution in [2.24, 2.45) is 0 Å². The Balaban J connectivity index is 1.24. The van der Waals surface area contributed by atoms with E-state index in [1.807, 2.05) is 29.3 Å². The minimum absolute atomic E-state index is 0.255. The molecule has 28 heavy (non-hydrogen) atoms. The number of piperazine rings is 2. The Kier molecular flexibility index (Phi) is 5.76. The van der Waals surface area contributed by atoms with Gasteiger partial charge in [0.25, 0.3) is 0 Å². The fraction of sp³-hybridized carbons (Fsp3) is 0.455. The standard InChI is InChI=1S/C22H29N5O/c1-19-6-2-3-7-20(19)25-12-10-24(11-13-25)18-22(28)27-16-14-26(15-17-27)21-8-4-5-9-23-21/h2-9H,10-18H2,1H3. The smallest absolute Gasteiger partial charge is 0.236 e. The summed E-state index contributed by atoms with van der Waals surface area (Å²) in [6.45, 7) is 9.78. The van der Waals surface area contributed by atoms with Crippen LogP contribution in [0.1, 0.15) is 5.56 Å². The Morgan fingerprint density at radius 3 is 2.21 bits per heavy atom. The van der Waals surface area contributed by atoms with Crippen LogP contribution in [-0.2, 0) is 4.79 Å². The second-order valence-corrected chi connectivity index (χ2v) is 7.61. The van der Waals surface area contributed by atoms with Crippen LogP contribution in [0.25, 0.3) is 0 Å². The van der Waals surface area contributed by atoms with Crippen LogP contribution in [0.5, 0.6) is 0 Å². The zero-order valence-corrected chi connectivity index (χ0v) is 16.6. The van der Waals surface area contributed by atoms with Crippen molar-refractivity contribution in [1.29, 1.82) is 0 Å². The van der Waals surface area contributed by atoms with Crippen molar-refractivity contribution in [3.05, 3.63) is 54.2 Å². The van der Waals surface area contributed by atoms with Crippen LogP contribution in [0.2, 0.25) is 0 Å². The summed E-state index contributed by atoms with van der Waals surface area (Å²) in [6.07, 6.45) is 1.82. The summed E-state index contributed by atoms with van der Waals surface area (Å²) in [5.41, 5.74) is 2.64. The summed E-state index contributed by atoms with van der Waals surface area (Å²) in [7, 11) is 0. The van der Waals surface area contributed by atoms with Crippen molar-refractivity contribution >= 4 is 17.4 Å². The summed E-state index contributed by atoms with van der Waals surface area (Å²) in [4.78, 5) is 26.2. The first-order valence-electron chi connectivity index (χ1n) is 10.2. The largest absolute Gasteiger partial charge is 0.369 e. The number of aromatic nitrogens is 1. The maximum absolute atomic E-state index is 12.8. The van der Waals surface area contributed by atoms with Gasteiger partial charge in [-0.25, -0.2) is 4.98 Å². The second kappa shape index (κ2) is 8.61. The number of hydrogen-bond acceptors (Lipinski definition) is 5. The van der Waals surface area contributed by atoms with Gasteiger partial charge in [-0.05, 0) is 30.7 Å². The van der Waals surface area contributed by atoms with Crippen molar-refractivity contribution in [3.63, 3.8) is 0 Å². The van der Waals surface area contributed by atoms with Gasteiger partial charge < -0.3 is 14.7 Å². The molecule has 2 saturated heterocycles. The first-order valence-corrected chi connectivity index (χ1v) is 10.2. The average molecular weight is 380 g/mol. The third kappa shape index (κ3) is 4.28. The monoisotopic (exact) mass is 379 g/mol. The van der Waals surface area contributed by atoms with Gasteiger partial charge in [-0.15, -0.1) is 0 Å². The molecule has 0 aliphatic carbocycles. The Morgan fingerprint density at radius 1 is 0.857 bits per heavy atom. The number of benzene rings is 1. The van der Waals surface area contributed by atoms with E-state index in [4.69, 9.17) is 0 Å². The minimum atomic E-state index is 0.255. The molecule has 1 amide bonds. The molecule has 0 spiro atoms. The van der Waals surface area contributed by atoms with E-state index in [1.54, 1.807) is 0 Å². The van der Waals surface area contributed by atoms with E-state index in [0.717, 1.165) is 58.2 Å². The fourth-order valence-corrected chi connectivity index (χ4v) is 4.08. The quantitative estimate of drug-likeness (QED) is 0.811. The third-order valence-electron chi connectivity index (χ3n) is 5.79. The molecule has 2 fully saturated rings. The summed E-state index contributed by atoms with van der Waals surface area (Å²) in [5, 5.41) is 0. The summed E-state index contributed by atoms with van der Waals surface area (Å²) in [5.74, 6) is 1.26. The molecule has 1 aromatic heterocycles. The van der Waals surface area contributed by atoms with Gasteiger partial charge >= 0.3 is 0 Å². The molecule has 6 nitrogen and oxygen atoms in total. The molecule has 2 aliphatic rings. The van der Waals surface area contributed by atoms with Crippen LogP contribution in [0, 0.1) is 6.92 Å². The van der Waals surface area contributed by atoms with Crippen LogP contribution in [0.15, 0.2) is 48.7 Å². The SMILES string of the molecule is Cc1ccccc1N1CCN(CC(=O)N2CCN(c3ccccn3)CC2)CC1. The molecule has 3 heterocycles. The molecule has 0 atom stereocenters. The molecular weight excluding hydrogens is 350 g/mol. The Labute approximate surface area is 167 Å². The zero-order valence-electron chi connectivity index (χ0n) is 16.6. The highest BCUT2D eigenvalue weighted by molar-refractivity contribution is 5.78. The summed E-state index contributed by atoms with van der Waals surface area (Å²) < 4.78 is 0. The van der Waals surface area contributed by atoms with Gasteiger partial charge in [0.15, 0.2) is 0 Å². The molecule has 0 unspecified atom stereocenters. The minimum Gasteiger partial charge on any atom is -0.369 e. The maximum atomic E-state index is 12.8. The molecule has 0 radical (unpaired) electrons. The number of hydrogen-bond donors (Lipinski definition) is 0. The number of aryl methyl sites for hydroxylation is 1. The lowest BCUT2D eigenvalue weighted by Gasteiger charge is -2.39. The highest BCUT2D eigenvalue weighted by Gasteiger charge is 2.25. The lowest BCUT2D eigenvalue weighted by molar-refractivity contribution is -0.132. The van der Waals surface area contributed by atoms with E-state index in [9.17, 15) is 4.79 Å². The number of anilines is 2. The van der Waals surface area contributed by atoms with E-state index in [1.165, 1.54) is 11.3 Å².